The fraction of sp³-hybridized carbons (Fsp3) is 0.294. The molecule has 1 aromatic heterocycles. The van der Waals surface area contributed by atoms with E-state index >= 15 is 0 Å². The normalized spacial score (nSPS) is 11.0. The van der Waals surface area contributed by atoms with Crippen LogP contribution in [-0.2, 0) is 11.2 Å². The number of hydrogen-bond acceptors (Lipinski definition) is 4. The number of ether oxygens (including phenoxy) is 2. The van der Waals surface area contributed by atoms with Crippen LogP contribution in [0.4, 0.5) is 18.9 Å². The van der Waals surface area contributed by atoms with Gasteiger partial charge in [0.1, 0.15) is 5.75 Å². The summed E-state index contributed by atoms with van der Waals surface area (Å²) in [4.78, 5) is 15.6. The van der Waals surface area contributed by atoms with E-state index in [-0.39, 0.29) is 18.2 Å². The van der Waals surface area contributed by atoms with E-state index in [1.807, 2.05) is 24.3 Å². The van der Waals surface area contributed by atoms with Crippen molar-refractivity contribution in [3.63, 3.8) is 0 Å². The second-order valence-corrected chi connectivity index (χ2v) is 5.19. The van der Waals surface area contributed by atoms with Gasteiger partial charge in [0.05, 0.1) is 19.0 Å². The first-order valence-electron chi connectivity index (χ1n) is 7.44. The Kier molecular flexibility index (Phi) is 6.21. The number of carbonyl (C=O) groups is 1. The van der Waals surface area contributed by atoms with E-state index < -0.39 is 12.8 Å². The van der Waals surface area contributed by atoms with Crippen LogP contribution in [0.1, 0.15) is 12.0 Å². The number of rotatable bonds is 7. The number of methoxy groups -OCH3 is 1. The lowest BCUT2D eigenvalue weighted by molar-refractivity contribution is -0.154. The summed E-state index contributed by atoms with van der Waals surface area (Å²) >= 11 is 0. The number of benzene rings is 1. The first-order chi connectivity index (χ1) is 11.9. The van der Waals surface area contributed by atoms with Crippen LogP contribution in [0, 0.1) is 0 Å². The Balaban J connectivity index is 1.79. The third-order valence-electron chi connectivity index (χ3n) is 3.20. The third-order valence-corrected chi connectivity index (χ3v) is 3.20. The van der Waals surface area contributed by atoms with Gasteiger partial charge in [-0.3, -0.25) is 4.79 Å². The summed E-state index contributed by atoms with van der Waals surface area (Å²) in [6.45, 7) is -1.41. The summed E-state index contributed by atoms with van der Waals surface area (Å²) in [6, 6.07) is 10.1. The maximum absolute atomic E-state index is 12.0. The number of carbonyl (C=O) groups excluding carboxylic acids is 1. The molecule has 0 unspecified atom stereocenters. The molecule has 0 aliphatic heterocycles. The molecule has 0 aliphatic carbocycles. The predicted molar refractivity (Wildman–Crippen MR) is 85.7 cm³/mol. The van der Waals surface area contributed by atoms with Gasteiger partial charge in [0.25, 0.3) is 0 Å². The number of anilines is 1. The van der Waals surface area contributed by atoms with Crippen LogP contribution in [0.15, 0.2) is 42.6 Å². The second kappa shape index (κ2) is 8.36. The summed E-state index contributed by atoms with van der Waals surface area (Å²) in [5.41, 5.74) is 1.38. The maximum Gasteiger partial charge on any atom is 0.422 e. The Labute approximate surface area is 142 Å². The third kappa shape index (κ3) is 6.70. The molecule has 0 saturated carbocycles. The zero-order valence-corrected chi connectivity index (χ0v) is 13.5. The van der Waals surface area contributed by atoms with Crippen LogP contribution in [0.3, 0.4) is 0 Å². The topological polar surface area (TPSA) is 60.5 Å². The number of nitrogens with zero attached hydrogens (tertiary/aromatic N) is 1. The molecule has 1 amide bonds. The molecule has 8 heteroatoms. The van der Waals surface area contributed by atoms with Crippen LogP contribution in [0.25, 0.3) is 0 Å². The molecule has 0 aliphatic rings. The average molecular weight is 354 g/mol. The molecule has 0 fully saturated rings. The van der Waals surface area contributed by atoms with Gasteiger partial charge in [-0.2, -0.15) is 13.2 Å². The van der Waals surface area contributed by atoms with Crippen LogP contribution in [0.2, 0.25) is 0 Å². The van der Waals surface area contributed by atoms with Crippen molar-refractivity contribution in [1.82, 2.24) is 4.98 Å². The van der Waals surface area contributed by atoms with Crippen LogP contribution >= 0.6 is 0 Å². The van der Waals surface area contributed by atoms with Crippen LogP contribution < -0.4 is 14.8 Å². The number of aryl methyl sites for hydroxylation is 1. The zero-order chi connectivity index (χ0) is 18.3. The number of nitrogens with one attached hydrogen (secondary N) is 1. The lowest BCUT2D eigenvalue weighted by Gasteiger charge is -2.09. The smallest absolute Gasteiger partial charge is 0.422 e. The SMILES string of the molecule is COc1ccc(CCC(=O)Nc2ccc(OCC(F)(F)F)nc2)cc1. The number of pyridine rings is 1. The minimum absolute atomic E-state index is 0.159. The Morgan fingerprint density at radius 2 is 1.88 bits per heavy atom. The fourth-order valence-corrected chi connectivity index (χ4v) is 1.97. The van der Waals surface area contributed by atoms with Crippen LogP contribution in [0.5, 0.6) is 11.6 Å². The van der Waals surface area contributed by atoms with E-state index in [1.165, 1.54) is 18.3 Å². The molecule has 0 atom stereocenters. The summed E-state index contributed by atoms with van der Waals surface area (Å²) in [5, 5.41) is 2.63. The van der Waals surface area contributed by atoms with Gasteiger partial charge in [-0.25, -0.2) is 4.98 Å². The Hall–Kier alpha value is -2.77. The largest absolute Gasteiger partial charge is 0.497 e. The van der Waals surface area contributed by atoms with Gasteiger partial charge in [0.15, 0.2) is 6.61 Å². The highest BCUT2D eigenvalue weighted by Gasteiger charge is 2.28. The quantitative estimate of drug-likeness (QED) is 0.825. The van der Waals surface area contributed by atoms with E-state index in [9.17, 15) is 18.0 Å². The molecule has 1 heterocycles. The van der Waals surface area contributed by atoms with E-state index in [1.54, 1.807) is 7.11 Å². The summed E-state index contributed by atoms with van der Waals surface area (Å²) in [7, 11) is 1.58. The average Bonchev–Trinajstić information content (AvgIpc) is 2.59. The summed E-state index contributed by atoms with van der Waals surface area (Å²) < 4.78 is 45.7. The number of amides is 1. The predicted octanol–water partition coefficient (Wildman–Crippen LogP) is 3.60. The fourth-order valence-electron chi connectivity index (χ4n) is 1.97. The van der Waals surface area contributed by atoms with Gasteiger partial charge in [0.2, 0.25) is 11.8 Å². The summed E-state index contributed by atoms with van der Waals surface area (Å²) in [6.07, 6.45) is -2.36. The van der Waals surface area contributed by atoms with Crippen molar-refractivity contribution in [1.29, 1.82) is 0 Å². The second-order valence-electron chi connectivity index (χ2n) is 5.19. The number of alkyl halides is 3. The highest BCUT2D eigenvalue weighted by Crippen LogP contribution is 2.18. The van der Waals surface area contributed by atoms with Crippen molar-refractivity contribution < 1.29 is 27.4 Å². The molecule has 1 N–H and O–H groups in total. The standard InChI is InChI=1S/C17H17F3N2O3/c1-24-14-6-2-12(3-7-14)4-8-15(23)22-13-5-9-16(21-10-13)25-11-17(18,19)20/h2-3,5-7,9-10H,4,8,11H2,1H3,(H,22,23). The number of aromatic nitrogens is 1. The van der Waals surface area contributed by atoms with E-state index in [2.05, 4.69) is 15.0 Å². The Morgan fingerprint density at radius 3 is 2.44 bits per heavy atom. The summed E-state index contributed by atoms with van der Waals surface area (Å²) in [5.74, 6) is 0.363. The van der Waals surface area contributed by atoms with Gasteiger partial charge in [-0.1, -0.05) is 12.1 Å². The molecule has 0 bridgehead atoms. The molecule has 134 valence electrons. The van der Waals surface area contributed by atoms with Crippen molar-refractivity contribution in [3.05, 3.63) is 48.2 Å². The van der Waals surface area contributed by atoms with Crippen LogP contribution in [-0.4, -0.2) is 30.8 Å². The highest BCUT2D eigenvalue weighted by molar-refractivity contribution is 5.90. The van der Waals surface area contributed by atoms with Crippen molar-refractivity contribution in [2.45, 2.75) is 19.0 Å². The minimum atomic E-state index is -4.42. The van der Waals surface area contributed by atoms with E-state index in [0.29, 0.717) is 12.1 Å². The lowest BCUT2D eigenvalue weighted by atomic mass is 10.1. The Bertz CT molecular complexity index is 686. The van der Waals surface area contributed by atoms with E-state index in [4.69, 9.17) is 4.74 Å². The molecule has 1 aromatic carbocycles. The monoisotopic (exact) mass is 354 g/mol. The molecule has 0 spiro atoms. The minimum Gasteiger partial charge on any atom is -0.497 e. The zero-order valence-electron chi connectivity index (χ0n) is 13.5. The van der Waals surface area contributed by atoms with Crippen molar-refractivity contribution in [3.8, 4) is 11.6 Å². The van der Waals surface area contributed by atoms with Crippen molar-refractivity contribution in [2.75, 3.05) is 19.0 Å². The van der Waals surface area contributed by atoms with Gasteiger partial charge in [-0.05, 0) is 30.2 Å². The molecule has 25 heavy (non-hydrogen) atoms. The maximum atomic E-state index is 12.0. The Morgan fingerprint density at radius 1 is 1.16 bits per heavy atom. The van der Waals surface area contributed by atoms with E-state index in [0.717, 1.165) is 11.3 Å². The first-order valence-corrected chi connectivity index (χ1v) is 7.44. The van der Waals surface area contributed by atoms with Crippen molar-refractivity contribution >= 4 is 11.6 Å². The number of halogens is 3. The van der Waals surface area contributed by atoms with Crippen molar-refractivity contribution in [2.24, 2.45) is 0 Å². The van der Waals surface area contributed by atoms with Gasteiger partial charge < -0.3 is 14.8 Å². The van der Waals surface area contributed by atoms with Gasteiger partial charge in [-0.15, -0.1) is 0 Å². The molecule has 2 aromatic rings. The molecular formula is C17H17F3N2O3. The van der Waals surface area contributed by atoms with Gasteiger partial charge >= 0.3 is 6.18 Å². The number of hydrogen-bond donors (Lipinski definition) is 1. The van der Waals surface area contributed by atoms with Gasteiger partial charge in [0, 0.05) is 12.5 Å². The first kappa shape index (κ1) is 18.6. The molecular weight excluding hydrogens is 337 g/mol. The molecule has 2 rings (SSSR count). The lowest BCUT2D eigenvalue weighted by Crippen LogP contribution is -2.19. The molecule has 5 nitrogen and oxygen atoms in total. The highest BCUT2D eigenvalue weighted by atomic mass is 19.4. The molecule has 0 saturated heterocycles. The molecule has 0 radical (unpaired) electrons.